The first kappa shape index (κ1) is 22.5. The van der Waals surface area contributed by atoms with Gasteiger partial charge in [0.15, 0.2) is 5.69 Å². The molecule has 0 radical (unpaired) electrons. The van der Waals surface area contributed by atoms with Crippen molar-refractivity contribution >= 4 is 35.4 Å². The molecule has 0 bridgehead atoms. The van der Waals surface area contributed by atoms with Crippen molar-refractivity contribution in [1.29, 1.82) is 0 Å². The zero-order chi connectivity index (χ0) is 23.8. The molecule has 1 aromatic carbocycles. The average molecular weight is 485 g/mol. The summed E-state index contributed by atoms with van der Waals surface area (Å²) in [4.78, 5) is 53.0. The number of amides is 4. The van der Waals surface area contributed by atoms with E-state index in [1.54, 1.807) is 41.1 Å². The third-order valence-corrected chi connectivity index (χ3v) is 7.53. The molecular weight excluding hydrogens is 460 g/mol. The number of rotatable bonds is 5. The van der Waals surface area contributed by atoms with Crippen molar-refractivity contribution in [2.75, 3.05) is 24.7 Å². The van der Waals surface area contributed by atoms with Crippen LogP contribution in [0, 0.1) is 0 Å². The molecular formula is C22H24N6O5S. The van der Waals surface area contributed by atoms with Gasteiger partial charge < -0.3 is 14.9 Å². The Labute approximate surface area is 199 Å². The van der Waals surface area contributed by atoms with E-state index in [9.17, 15) is 24.3 Å². The minimum Gasteiger partial charge on any atom is -0.396 e. The van der Waals surface area contributed by atoms with Gasteiger partial charge in [0, 0.05) is 49.2 Å². The fourth-order valence-corrected chi connectivity index (χ4v) is 5.74. The van der Waals surface area contributed by atoms with E-state index in [0.717, 1.165) is 17.1 Å². The number of thioether (sulfide) groups is 1. The van der Waals surface area contributed by atoms with E-state index >= 15 is 0 Å². The molecule has 2 fully saturated rings. The summed E-state index contributed by atoms with van der Waals surface area (Å²) in [5.41, 5.74) is 2.02. The lowest BCUT2D eigenvalue weighted by Gasteiger charge is -2.34. The predicted octanol–water partition coefficient (Wildman–Crippen LogP) is -0.0317. The summed E-state index contributed by atoms with van der Waals surface area (Å²) in [6.45, 7) is 0.895. The maximum atomic E-state index is 13.1. The zero-order valence-corrected chi connectivity index (χ0v) is 19.2. The highest BCUT2D eigenvalue weighted by atomic mass is 32.2. The van der Waals surface area contributed by atoms with Crippen molar-refractivity contribution in [1.82, 2.24) is 30.1 Å². The highest BCUT2D eigenvalue weighted by molar-refractivity contribution is 7.99. The van der Waals surface area contributed by atoms with E-state index in [-0.39, 0.29) is 42.5 Å². The van der Waals surface area contributed by atoms with E-state index in [1.165, 1.54) is 9.58 Å². The van der Waals surface area contributed by atoms with Gasteiger partial charge in [-0.3, -0.25) is 24.5 Å². The number of aliphatic hydroxyl groups excluding tert-OH is 1. The van der Waals surface area contributed by atoms with Crippen LogP contribution in [0.3, 0.4) is 0 Å². The van der Waals surface area contributed by atoms with Gasteiger partial charge in [0.1, 0.15) is 6.04 Å². The molecule has 4 amide bonds. The summed E-state index contributed by atoms with van der Waals surface area (Å²) < 4.78 is 1.45. The van der Waals surface area contributed by atoms with Crippen LogP contribution in [0.2, 0.25) is 0 Å². The number of imide groups is 1. The molecule has 4 heterocycles. The standard InChI is InChI=1S/C22H24N6O5S/c29-7-5-15-12-34-8-6-26(15)22(33)17-11-28(25-24-17)14-2-1-13-10-27(21(32)16(13)9-14)18-3-4-19(30)23-20(18)31/h1-2,9,11,15,18,29H,3-8,10,12H2,(H,23,30,31). The highest BCUT2D eigenvalue weighted by Crippen LogP contribution is 2.29. The molecule has 0 spiro atoms. The van der Waals surface area contributed by atoms with Gasteiger partial charge in [0.25, 0.3) is 11.8 Å². The lowest BCUT2D eigenvalue weighted by molar-refractivity contribution is -0.136. The second kappa shape index (κ2) is 9.18. The van der Waals surface area contributed by atoms with Gasteiger partial charge in [-0.05, 0) is 30.5 Å². The second-order valence-corrected chi connectivity index (χ2v) is 9.68. The van der Waals surface area contributed by atoms with Crippen molar-refractivity contribution in [3.8, 4) is 5.69 Å². The molecule has 11 nitrogen and oxygen atoms in total. The summed E-state index contributed by atoms with van der Waals surface area (Å²) in [6.07, 6.45) is 2.56. The van der Waals surface area contributed by atoms with Crippen LogP contribution in [0.15, 0.2) is 24.4 Å². The molecule has 2 saturated heterocycles. The Balaban J connectivity index is 1.34. The number of aromatic nitrogens is 3. The summed E-state index contributed by atoms with van der Waals surface area (Å²) in [5.74, 6) is 0.324. The van der Waals surface area contributed by atoms with Crippen LogP contribution in [0.1, 0.15) is 45.7 Å². The fourth-order valence-electron chi connectivity index (χ4n) is 4.63. The Kier molecular flexibility index (Phi) is 6.09. The van der Waals surface area contributed by atoms with E-state index in [1.807, 2.05) is 0 Å². The van der Waals surface area contributed by atoms with Crippen LogP contribution in [0.25, 0.3) is 5.69 Å². The number of fused-ring (bicyclic) bond motifs is 1. The number of carbonyl (C=O) groups is 4. The van der Waals surface area contributed by atoms with Crippen LogP contribution in [-0.4, -0.2) is 90.3 Å². The number of carbonyl (C=O) groups excluding carboxylic acids is 4. The lowest BCUT2D eigenvalue weighted by Crippen LogP contribution is -2.52. The van der Waals surface area contributed by atoms with Gasteiger partial charge in [0.05, 0.1) is 11.9 Å². The van der Waals surface area contributed by atoms with Crippen molar-refractivity contribution in [2.45, 2.75) is 37.9 Å². The van der Waals surface area contributed by atoms with Crippen molar-refractivity contribution in [2.24, 2.45) is 0 Å². The number of aliphatic hydroxyl groups is 1. The van der Waals surface area contributed by atoms with Crippen molar-refractivity contribution in [3.63, 3.8) is 0 Å². The molecule has 3 aliphatic heterocycles. The van der Waals surface area contributed by atoms with E-state index in [4.69, 9.17) is 0 Å². The van der Waals surface area contributed by atoms with E-state index in [0.29, 0.717) is 37.2 Å². The number of piperidine rings is 1. The SMILES string of the molecule is O=C1CCC(N2Cc3ccc(-n4cc(C(=O)N5CCSCC5CCO)nn4)cc3C2=O)C(=O)N1. The van der Waals surface area contributed by atoms with Gasteiger partial charge in [-0.15, -0.1) is 5.10 Å². The molecule has 2 N–H and O–H groups in total. The van der Waals surface area contributed by atoms with Crippen LogP contribution in [0.5, 0.6) is 0 Å². The summed E-state index contributed by atoms with van der Waals surface area (Å²) in [6, 6.07) is 4.55. The molecule has 34 heavy (non-hydrogen) atoms. The van der Waals surface area contributed by atoms with Gasteiger partial charge in [-0.1, -0.05) is 11.3 Å². The zero-order valence-electron chi connectivity index (χ0n) is 18.3. The number of hydrogen-bond acceptors (Lipinski definition) is 8. The number of nitrogens with one attached hydrogen (secondary N) is 1. The smallest absolute Gasteiger partial charge is 0.276 e. The molecule has 2 unspecified atom stereocenters. The Bertz CT molecular complexity index is 1160. The van der Waals surface area contributed by atoms with Gasteiger partial charge in [0.2, 0.25) is 11.8 Å². The maximum Gasteiger partial charge on any atom is 0.276 e. The Morgan fingerprint density at radius 1 is 1.26 bits per heavy atom. The quantitative estimate of drug-likeness (QED) is 0.565. The molecule has 3 aliphatic rings. The fraction of sp³-hybridized carbons (Fsp3) is 0.455. The molecule has 1 aromatic heterocycles. The Hall–Kier alpha value is -3.25. The third kappa shape index (κ3) is 4.07. The molecule has 12 heteroatoms. The van der Waals surface area contributed by atoms with E-state index < -0.39 is 11.9 Å². The third-order valence-electron chi connectivity index (χ3n) is 6.44. The molecule has 2 atom stereocenters. The first-order chi connectivity index (χ1) is 16.5. The normalized spacial score (nSPS) is 22.7. The maximum absolute atomic E-state index is 13.1. The van der Waals surface area contributed by atoms with Crippen LogP contribution < -0.4 is 5.32 Å². The van der Waals surface area contributed by atoms with Gasteiger partial charge >= 0.3 is 0 Å². The largest absolute Gasteiger partial charge is 0.396 e. The molecule has 178 valence electrons. The topological polar surface area (TPSA) is 138 Å². The van der Waals surface area contributed by atoms with Crippen molar-refractivity contribution in [3.05, 3.63) is 41.2 Å². The van der Waals surface area contributed by atoms with Crippen LogP contribution in [0.4, 0.5) is 0 Å². The first-order valence-corrected chi connectivity index (χ1v) is 12.3. The van der Waals surface area contributed by atoms with Crippen molar-refractivity contribution < 1.29 is 24.3 Å². The van der Waals surface area contributed by atoms with E-state index in [2.05, 4.69) is 15.6 Å². The monoisotopic (exact) mass is 484 g/mol. The predicted molar refractivity (Wildman–Crippen MR) is 121 cm³/mol. The van der Waals surface area contributed by atoms with Crippen LogP contribution >= 0.6 is 11.8 Å². The van der Waals surface area contributed by atoms with Crippen LogP contribution in [-0.2, 0) is 16.1 Å². The second-order valence-electron chi connectivity index (χ2n) is 8.53. The number of benzene rings is 1. The average Bonchev–Trinajstić information content (AvgIpc) is 3.45. The van der Waals surface area contributed by atoms with Gasteiger partial charge in [-0.25, -0.2) is 4.68 Å². The van der Waals surface area contributed by atoms with Gasteiger partial charge in [-0.2, -0.15) is 11.8 Å². The Morgan fingerprint density at radius 3 is 2.91 bits per heavy atom. The summed E-state index contributed by atoms with van der Waals surface area (Å²) in [5, 5.41) is 19.8. The molecule has 0 aliphatic carbocycles. The molecule has 2 aromatic rings. The highest BCUT2D eigenvalue weighted by Gasteiger charge is 2.39. The summed E-state index contributed by atoms with van der Waals surface area (Å²) in [7, 11) is 0. The number of hydrogen-bond donors (Lipinski definition) is 2. The minimum atomic E-state index is -0.675. The lowest BCUT2D eigenvalue weighted by atomic mass is 10.0. The first-order valence-electron chi connectivity index (χ1n) is 11.2. The molecule has 5 rings (SSSR count). The molecule has 0 saturated carbocycles. The Morgan fingerprint density at radius 2 is 2.12 bits per heavy atom. The number of nitrogens with zero attached hydrogens (tertiary/aromatic N) is 5. The minimum absolute atomic E-state index is 0.0146. The summed E-state index contributed by atoms with van der Waals surface area (Å²) >= 11 is 1.76.